The predicted molar refractivity (Wildman–Crippen MR) is 56.9 cm³/mol. The van der Waals surface area contributed by atoms with Crippen molar-refractivity contribution in [1.82, 2.24) is 0 Å². The van der Waals surface area contributed by atoms with Crippen LogP contribution in [-0.4, -0.2) is 12.9 Å². The summed E-state index contributed by atoms with van der Waals surface area (Å²) in [5, 5.41) is 0. The van der Waals surface area contributed by atoms with Crippen LogP contribution in [0.15, 0.2) is 18.2 Å². The second-order valence-corrected chi connectivity index (χ2v) is 3.39. The van der Waals surface area contributed by atoms with Crippen LogP contribution in [0.3, 0.4) is 0 Å². The molecule has 0 saturated carbocycles. The molecule has 1 aromatic carbocycles. The molecule has 14 heavy (non-hydrogen) atoms. The van der Waals surface area contributed by atoms with E-state index in [2.05, 4.69) is 0 Å². The highest BCUT2D eigenvalue weighted by Gasteiger charge is 2.09. The summed E-state index contributed by atoms with van der Waals surface area (Å²) in [5.74, 6) is 1.25. The van der Waals surface area contributed by atoms with Crippen molar-refractivity contribution < 1.29 is 9.53 Å². The number of rotatable bonds is 4. The van der Waals surface area contributed by atoms with Crippen LogP contribution >= 0.6 is 11.6 Å². The number of halogens is 1. The number of ether oxygens (including phenoxy) is 1. The first-order valence-corrected chi connectivity index (χ1v) is 4.92. The molecule has 0 bridgehead atoms. The molecule has 76 valence electrons. The van der Waals surface area contributed by atoms with Gasteiger partial charge in [-0.2, -0.15) is 0 Å². The van der Waals surface area contributed by atoms with Crippen molar-refractivity contribution in [2.24, 2.45) is 0 Å². The summed E-state index contributed by atoms with van der Waals surface area (Å²) in [5.41, 5.74) is 1.83. The number of alkyl halides is 1. The SMILES string of the molecule is COc1c(CCl)cccc1CC(C)=O. The lowest BCUT2D eigenvalue weighted by Crippen LogP contribution is -2.01. The largest absolute Gasteiger partial charge is 0.496 e. The van der Waals surface area contributed by atoms with Gasteiger partial charge in [-0.1, -0.05) is 18.2 Å². The lowest BCUT2D eigenvalue weighted by atomic mass is 10.1. The van der Waals surface area contributed by atoms with Crippen LogP contribution in [0.5, 0.6) is 5.75 Å². The summed E-state index contributed by atoms with van der Waals surface area (Å²) in [4.78, 5) is 11.0. The number of para-hydroxylation sites is 1. The average molecular weight is 213 g/mol. The summed E-state index contributed by atoms with van der Waals surface area (Å²) in [6.07, 6.45) is 0.397. The Morgan fingerprint density at radius 3 is 2.57 bits per heavy atom. The summed E-state index contributed by atoms with van der Waals surface area (Å²) in [6.45, 7) is 1.56. The van der Waals surface area contributed by atoms with E-state index in [0.717, 1.165) is 16.9 Å². The van der Waals surface area contributed by atoms with E-state index in [-0.39, 0.29) is 5.78 Å². The van der Waals surface area contributed by atoms with Gasteiger partial charge in [0.25, 0.3) is 0 Å². The van der Waals surface area contributed by atoms with Gasteiger partial charge in [-0.05, 0) is 6.92 Å². The first-order chi connectivity index (χ1) is 6.69. The first kappa shape index (κ1) is 11.1. The van der Waals surface area contributed by atoms with Crippen LogP contribution in [0, 0.1) is 0 Å². The second kappa shape index (κ2) is 5.01. The van der Waals surface area contributed by atoms with Gasteiger partial charge in [0.1, 0.15) is 11.5 Å². The maximum Gasteiger partial charge on any atom is 0.134 e. The van der Waals surface area contributed by atoms with Gasteiger partial charge in [-0.25, -0.2) is 0 Å². The molecule has 0 amide bonds. The third-order valence-corrected chi connectivity index (χ3v) is 2.25. The van der Waals surface area contributed by atoms with Crippen molar-refractivity contribution >= 4 is 17.4 Å². The van der Waals surface area contributed by atoms with Gasteiger partial charge < -0.3 is 4.74 Å². The molecule has 0 unspecified atom stereocenters. The molecule has 0 spiro atoms. The number of carbonyl (C=O) groups is 1. The van der Waals surface area contributed by atoms with Crippen LogP contribution in [0.25, 0.3) is 0 Å². The highest BCUT2D eigenvalue weighted by atomic mass is 35.5. The van der Waals surface area contributed by atoms with E-state index in [4.69, 9.17) is 16.3 Å². The van der Waals surface area contributed by atoms with Crippen molar-refractivity contribution in [1.29, 1.82) is 0 Å². The van der Waals surface area contributed by atoms with Crippen LogP contribution < -0.4 is 4.74 Å². The molecule has 0 heterocycles. The molecule has 1 aromatic rings. The summed E-state index contributed by atoms with van der Waals surface area (Å²) in [6, 6.07) is 5.67. The van der Waals surface area contributed by atoms with Crippen molar-refractivity contribution in [3.63, 3.8) is 0 Å². The fraction of sp³-hybridized carbons (Fsp3) is 0.364. The Morgan fingerprint density at radius 2 is 2.07 bits per heavy atom. The molecule has 0 aliphatic carbocycles. The molecule has 0 saturated heterocycles. The molecule has 0 aliphatic heterocycles. The van der Waals surface area contributed by atoms with Gasteiger partial charge in [0.2, 0.25) is 0 Å². The van der Waals surface area contributed by atoms with Gasteiger partial charge in [0, 0.05) is 17.5 Å². The number of ketones is 1. The smallest absolute Gasteiger partial charge is 0.134 e. The summed E-state index contributed by atoms with van der Waals surface area (Å²) < 4.78 is 5.23. The third kappa shape index (κ3) is 2.48. The van der Waals surface area contributed by atoms with Crippen molar-refractivity contribution in [2.75, 3.05) is 7.11 Å². The van der Waals surface area contributed by atoms with Gasteiger partial charge in [-0.3, -0.25) is 4.79 Å². The zero-order valence-electron chi connectivity index (χ0n) is 8.34. The van der Waals surface area contributed by atoms with E-state index in [9.17, 15) is 4.79 Å². The fourth-order valence-corrected chi connectivity index (χ4v) is 1.62. The number of hydrogen-bond donors (Lipinski definition) is 0. The molecular formula is C11H13ClO2. The topological polar surface area (TPSA) is 26.3 Å². The number of carbonyl (C=O) groups excluding carboxylic acids is 1. The molecule has 1 rings (SSSR count). The Bertz CT molecular complexity index is 334. The monoisotopic (exact) mass is 212 g/mol. The molecule has 0 aromatic heterocycles. The van der Waals surface area contributed by atoms with Gasteiger partial charge in [0.15, 0.2) is 0 Å². The van der Waals surface area contributed by atoms with E-state index in [1.807, 2.05) is 18.2 Å². The number of methoxy groups -OCH3 is 1. The molecule has 2 nitrogen and oxygen atoms in total. The van der Waals surface area contributed by atoms with Crippen LogP contribution in [-0.2, 0) is 17.1 Å². The van der Waals surface area contributed by atoms with E-state index in [1.165, 1.54) is 0 Å². The van der Waals surface area contributed by atoms with E-state index < -0.39 is 0 Å². The number of Topliss-reactive ketones (excluding diaryl/α,β-unsaturated/α-hetero) is 1. The minimum Gasteiger partial charge on any atom is -0.496 e. The lowest BCUT2D eigenvalue weighted by Gasteiger charge is -2.10. The third-order valence-electron chi connectivity index (χ3n) is 1.97. The minimum absolute atomic E-state index is 0.120. The first-order valence-electron chi connectivity index (χ1n) is 4.39. The maximum atomic E-state index is 11.0. The normalized spacial score (nSPS) is 9.93. The van der Waals surface area contributed by atoms with E-state index in [1.54, 1.807) is 14.0 Å². The quantitative estimate of drug-likeness (QED) is 0.718. The Morgan fingerprint density at radius 1 is 1.43 bits per heavy atom. The average Bonchev–Trinajstić information content (AvgIpc) is 2.16. The highest BCUT2D eigenvalue weighted by Crippen LogP contribution is 2.25. The van der Waals surface area contributed by atoms with E-state index >= 15 is 0 Å². The zero-order chi connectivity index (χ0) is 10.6. The number of hydrogen-bond acceptors (Lipinski definition) is 2. The molecular weight excluding hydrogens is 200 g/mol. The van der Waals surface area contributed by atoms with Crippen molar-refractivity contribution in [3.05, 3.63) is 29.3 Å². The lowest BCUT2D eigenvalue weighted by molar-refractivity contribution is -0.116. The molecule has 0 aliphatic rings. The van der Waals surface area contributed by atoms with Crippen molar-refractivity contribution in [3.8, 4) is 5.75 Å². The number of benzene rings is 1. The minimum atomic E-state index is 0.120. The van der Waals surface area contributed by atoms with Gasteiger partial charge in [0.05, 0.1) is 13.0 Å². The Balaban J connectivity index is 3.08. The van der Waals surface area contributed by atoms with Crippen LogP contribution in [0.4, 0.5) is 0 Å². The Hall–Kier alpha value is -1.02. The van der Waals surface area contributed by atoms with Crippen molar-refractivity contribution in [2.45, 2.75) is 19.2 Å². The summed E-state index contributed by atoms with van der Waals surface area (Å²) in [7, 11) is 1.59. The second-order valence-electron chi connectivity index (χ2n) is 3.12. The maximum absolute atomic E-state index is 11.0. The fourth-order valence-electron chi connectivity index (χ4n) is 1.41. The van der Waals surface area contributed by atoms with Crippen LogP contribution in [0.1, 0.15) is 18.1 Å². The zero-order valence-corrected chi connectivity index (χ0v) is 9.10. The Kier molecular flexibility index (Phi) is 3.96. The van der Waals surface area contributed by atoms with Gasteiger partial charge >= 0.3 is 0 Å². The van der Waals surface area contributed by atoms with Crippen LogP contribution in [0.2, 0.25) is 0 Å². The standard InChI is InChI=1S/C11H13ClO2/c1-8(13)6-9-4-3-5-10(7-12)11(9)14-2/h3-5H,6-7H2,1-2H3. The Labute approximate surface area is 88.8 Å². The van der Waals surface area contributed by atoms with E-state index in [0.29, 0.717) is 12.3 Å². The highest BCUT2D eigenvalue weighted by molar-refractivity contribution is 6.17. The molecule has 0 N–H and O–H groups in total. The molecule has 0 fully saturated rings. The van der Waals surface area contributed by atoms with Gasteiger partial charge in [-0.15, -0.1) is 11.6 Å². The molecule has 0 atom stereocenters. The molecule has 0 radical (unpaired) electrons. The predicted octanol–water partition coefficient (Wildman–Crippen LogP) is 2.57. The summed E-state index contributed by atoms with van der Waals surface area (Å²) >= 11 is 5.75. The molecule has 3 heteroatoms.